The van der Waals surface area contributed by atoms with Crippen molar-refractivity contribution in [1.82, 2.24) is 10.2 Å². The third kappa shape index (κ3) is 1.82. The molecule has 0 aliphatic rings. The molecule has 0 spiro atoms. The number of phenols is 1. The summed E-state index contributed by atoms with van der Waals surface area (Å²) >= 11 is 0. The number of rotatable bonds is 2. The van der Waals surface area contributed by atoms with E-state index in [0.29, 0.717) is 12.3 Å². The summed E-state index contributed by atoms with van der Waals surface area (Å²) in [6.45, 7) is 0. The van der Waals surface area contributed by atoms with Crippen LogP contribution < -0.4 is 5.76 Å². The number of aromatic amines is 1. The van der Waals surface area contributed by atoms with Gasteiger partial charge in [-0.25, -0.2) is 9.89 Å². The Morgan fingerprint density at radius 1 is 1.50 bits per heavy atom. The van der Waals surface area contributed by atoms with E-state index in [2.05, 4.69) is 10.2 Å². The van der Waals surface area contributed by atoms with Gasteiger partial charge in [0.1, 0.15) is 5.75 Å². The fourth-order valence-corrected chi connectivity index (χ4v) is 1.18. The molecule has 5 nitrogen and oxygen atoms in total. The van der Waals surface area contributed by atoms with E-state index in [0.717, 1.165) is 5.56 Å². The second-order valence-corrected chi connectivity index (χ2v) is 2.85. The Morgan fingerprint density at radius 2 is 2.36 bits per heavy atom. The van der Waals surface area contributed by atoms with Gasteiger partial charge in [0.15, 0.2) is 0 Å². The van der Waals surface area contributed by atoms with E-state index in [-0.39, 0.29) is 5.75 Å². The van der Waals surface area contributed by atoms with Gasteiger partial charge in [0.25, 0.3) is 0 Å². The first kappa shape index (κ1) is 8.55. The van der Waals surface area contributed by atoms with E-state index < -0.39 is 5.76 Å². The molecule has 1 heterocycles. The van der Waals surface area contributed by atoms with E-state index in [9.17, 15) is 9.90 Å². The molecule has 2 N–H and O–H groups in total. The minimum absolute atomic E-state index is 0.181. The van der Waals surface area contributed by atoms with Crippen LogP contribution in [0.25, 0.3) is 0 Å². The Balaban J connectivity index is 2.22. The topological polar surface area (TPSA) is 79.1 Å². The zero-order chi connectivity index (χ0) is 9.97. The second kappa shape index (κ2) is 3.37. The van der Waals surface area contributed by atoms with E-state index in [1.165, 1.54) is 0 Å². The second-order valence-electron chi connectivity index (χ2n) is 2.85. The van der Waals surface area contributed by atoms with Crippen molar-refractivity contribution in [2.75, 3.05) is 0 Å². The fourth-order valence-electron chi connectivity index (χ4n) is 1.18. The highest BCUT2D eigenvalue weighted by Gasteiger charge is 2.02. The van der Waals surface area contributed by atoms with E-state index in [1.54, 1.807) is 18.2 Å². The Morgan fingerprint density at radius 3 is 3.00 bits per heavy atom. The van der Waals surface area contributed by atoms with E-state index in [1.807, 2.05) is 6.07 Å². The number of aromatic nitrogens is 2. The molecule has 0 aliphatic carbocycles. The molecular weight excluding hydrogens is 184 g/mol. The number of H-pyrrole nitrogens is 1. The maximum absolute atomic E-state index is 10.6. The average molecular weight is 192 g/mol. The highest BCUT2D eigenvalue weighted by molar-refractivity contribution is 5.28. The van der Waals surface area contributed by atoms with Gasteiger partial charge in [0, 0.05) is 0 Å². The number of nitrogens with zero attached hydrogens (tertiary/aromatic N) is 1. The normalized spacial score (nSPS) is 10.3. The van der Waals surface area contributed by atoms with Crippen molar-refractivity contribution < 1.29 is 9.52 Å². The molecule has 2 rings (SSSR count). The third-order valence-corrected chi connectivity index (χ3v) is 1.75. The van der Waals surface area contributed by atoms with Crippen molar-refractivity contribution in [3.63, 3.8) is 0 Å². The first-order chi connectivity index (χ1) is 6.74. The molecule has 0 aliphatic heterocycles. The Bertz CT molecular complexity index is 487. The van der Waals surface area contributed by atoms with Gasteiger partial charge >= 0.3 is 5.76 Å². The number of benzene rings is 1. The third-order valence-electron chi connectivity index (χ3n) is 1.75. The van der Waals surface area contributed by atoms with Gasteiger partial charge < -0.3 is 9.52 Å². The zero-order valence-corrected chi connectivity index (χ0v) is 7.23. The summed E-state index contributed by atoms with van der Waals surface area (Å²) < 4.78 is 4.72. The lowest BCUT2D eigenvalue weighted by molar-refractivity contribution is 0.467. The predicted molar refractivity (Wildman–Crippen MR) is 48.0 cm³/mol. The first-order valence-corrected chi connectivity index (χ1v) is 4.06. The molecule has 0 atom stereocenters. The molecule has 14 heavy (non-hydrogen) atoms. The van der Waals surface area contributed by atoms with Crippen LogP contribution in [-0.4, -0.2) is 15.3 Å². The predicted octanol–water partition coefficient (Wildman–Crippen LogP) is 0.659. The smallest absolute Gasteiger partial charge is 0.434 e. The largest absolute Gasteiger partial charge is 0.508 e. The zero-order valence-electron chi connectivity index (χ0n) is 7.23. The molecule has 0 unspecified atom stereocenters. The van der Waals surface area contributed by atoms with Gasteiger partial charge in [0.05, 0.1) is 6.42 Å². The summed E-state index contributed by atoms with van der Waals surface area (Å²) in [5, 5.41) is 15.0. The van der Waals surface area contributed by atoms with Crippen LogP contribution in [0.3, 0.4) is 0 Å². The van der Waals surface area contributed by atoms with Crippen molar-refractivity contribution in [2.45, 2.75) is 6.42 Å². The van der Waals surface area contributed by atoms with E-state index >= 15 is 0 Å². The van der Waals surface area contributed by atoms with Crippen molar-refractivity contribution in [3.05, 3.63) is 46.3 Å². The van der Waals surface area contributed by atoms with Crippen LogP contribution in [-0.2, 0) is 6.42 Å². The van der Waals surface area contributed by atoms with E-state index in [4.69, 9.17) is 4.42 Å². The maximum atomic E-state index is 10.6. The summed E-state index contributed by atoms with van der Waals surface area (Å²) in [6.07, 6.45) is 0.382. The molecule has 5 heteroatoms. The van der Waals surface area contributed by atoms with Crippen molar-refractivity contribution >= 4 is 0 Å². The lowest BCUT2D eigenvalue weighted by Gasteiger charge is -1.96. The van der Waals surface area contributed by atoms with Crippen molar-refractivity contribution in [2.24, 2.45) is 0 Å². The van der Waals surface area contributed by atoms with Crippen molar-refractivity contribution in [3.8, 4) is 5.75 Å². The van der Waals surface area contributed by atoms with Crippen LogP contribution in [0.15, 0.2) is 33.5 Å². The van der Waals surface area contributed by atoms with Gasteiger partial charge in [-0.1, -0.05) is 12.1 Å². The van der Waals surface area contributed by atoms with Crippen LogP contribution in [0.2, 0.25) is 0 Å². The standard InChI is InChI=1S/C9H8N2O3/c12-7-3-1-2-6(4-7)5-8-10-11-9(13)14-8/h1-4,12H,5H2,(H,11,13). The molecule has 0 saturated carbocycles. The number of phenolic OH excluding ortho intramolecular Hbond substituents is 1. The van der Waals surface area contributed by atoms with Crippen LogP contribution in [0, 0.1) is 0 Å². The average Bonchev–Trinajstić information content (AvgIpc) is 2.51. The number of nitrogens with one attached hydrogen (secondary N) is 1. The summed E-state index contributed by atoms with van der Waals surface area (Å²) in [7, 11) is 0. The molecular formula is C9H8N2O3. The van der Waals surface area contributed by atoms with Gasteiger partial charge in [-0.2, -0.15) is 0 Å². The van der Waals surface area contributed by atoms with Crippen molar-refractivity contribution in [1.29, 1.82) is 0 Å². The Labute approximate surface area is 79.0 Å². The molecule has 0 amide bonds. The van der Waals surface area contributed by atoms with Gasteiger partial charge in [-0.3, -0.25) is 0 Å². The summed E-state index contributed by atoms with van der Waals surface area (Å²) in [5.74, 6) is -0.0823. The lowest BCUT2D eigenvalue weighted by atomic mass is 10.1. The molecule has 1 aromatic carbocycles. The maximum Gasteiger partial charge on any atom is 0.434 e. The quantitative estimate of drug-likeness (QED) is 0.732. The van der Waals surface area contributed by atoms with Crippen LogP contribution >= 0.6 is 0 Å². The van der Waals surface area contributed by atoms with Gasteiger partial charge in [-0.15, -0.1) is 5.10 Å². The summed E-state index contributed by atoms with van der Waals surface area (Å²) in [4.78, 5) is 10.6. The van der Waals surface area contributed by atoms with Crippen LogP contribution in [0.5, 0.6) is 5.75 Å². The van der Waals surface area contributed by atoms with Gasteiger partial charge in [-0.05, 0) is 17.7 Å². The number of hydrogen-bond acceptors (Lipinski definition) is 4. The molecule has 1 aromatic heterocycles. The Hall–Kier alpha value is -2.04. The highest BCUT2D eigenvalue weighted by atomic mass is 16.4. The van der Waals surface area contributed by atoms with Crippen LogP contribution in [0.4, 0.5) is 0 Å². The SMILES string of the molecule is O=c1[nH]nc(Cc2cccc(O)c2)o1. The monoisotopic (exact) mass is 192 g/mol. The first-order valence-electron chi connectivity index (χ1n) is 4.06. The molecule has 0 radical (unpaired) electrons. The summed E-state index contributed by atoms with van der Waals surface area (Å²) in [6, 6.07) is 6.70. The number of hydrogen-bond donors (Lipinski definition) is 2. The van der Waals surface area contributed by atoms with Gasteiger partial charge in [0.2, 0.25) is 5.89 Å². The minimum Gasteiger partial charge on any atom is -0.508 e. The summed E-state index contributed by atoms with van der Waals surface area (Å²) in [5.41, 5.74) is 0.834. The Kier molecular flexibility index (Phi) is 2.06. The lowest BCUT2D eigenvalue weighted by Crippen LogP contribution is -1.93. The molecule has 0 fully saturated rings. The molecule has 0 saturated heterocycles. The molecule has 0 bridgehead atoms. The minimum atomic E-state index is -0.569. The highest BCUT2D eigenvalue weighted by Crippen LogP contribution is 2.13. The fraction of sp³-hybridized carbons (Fsp3) is 0.111. The molecule has 72 valence electrons. The number of aromatic hydroxyl groups is 1. The molecule has 2 aromatic rings. The van der Waals surface area contributed by atoms with Crippen LogP contribution in [0.1, 0.15) is 11.5 Å².